The molecule has 0 radical (unpaired) electrons. The van der Waals surface area contributed by atoms with E-state index in [2.05, 4.69) is 15.5 Å². The molecule has 1 N–H and O–H groups in total. The van der Waals surface area contributed by atoms with Crippen LogP contribution in [-0.4, -0.2) is 30.5 Å². The van der Waals surface area contributed by atoms with Crippen LogP contribution in [0.4, 0.5) is 0 Å². The fourth-order valence-electron chi connectivity index (χ4n) is 1.65. The standard InChI is InChI=1S/C10H17N3O2/c1-7(11-2)9-12-13-10(15-9)8-4-3-5-14-6-8/h7-8,11H,3-6H2,1-2H3. The first kappa shape index (κ1) is 10.6. The third kappa shape index (κ3) is 2.35. The fourth-order valence-corrected chi connectivity index (χ4v) is 1.65. The molecule has 5 nitrogen and oxygen atoms in total. The van der Waals surface area contributed by atoms with Gasteiger partial charge in [0.25, 0.3) is 0 Å². The highest BCUT2D eigenvalue weighted by Crippen LogP contribution is 2.25. The number of nitrogens with zero attached hydrogens (tertiary/aromatic N) is 2. The van der Waals surface area contributed by atoms with Gasteiger partial charge in [0, 0.05) is 6.61 Å². The minimum atomic E-state index is 0.107. The monoisotopic (exact) mass is 211 g/mol. The van der Waals surface area contributed by atoms with E-state index in [1.165, 1.54) is 0 Å². The molecule has 1 aromatic rings. The second-order valence-corrected chi connectivity index (χ2v) is 3.90. The van der Waals surface area contributed by atoms with Gasteiger partial charge in [-0.1, -0.05) is 0 Å². The van der Waals surface area contributed by atoms with E-state index >= 15 is 0 Å². The second kappa shape index (κ2) is 4.72. The van der Waals surface area contributed by atoms with E-state index < -0.39 is 0 Å². The molecular formula is C10H17N3O2. The Hall–Kier alpha value is -0.940. The molecule has 1 aromatic heterocycles. The number of hydrogen-bond acceptors (Lipinski definition) is 5. The molecule has 0 saturated carbocycles. The molecule has 1 aliphatic rings. The van der Waals surface area contributed by atoms with Crippen LogP contribution in [0.25, 0.3) is 0 Å². The summed E-state index contributed by atoms with van der Waals surface area (Å²) in [4.78, 5) is 0. The molecule has 0 spiro atoms. The average molecular weight is 211 g/mol. The van der Waals surface area contributed by atoms with Crippen LogP contribution in [0.3, 0.4) is 0 Å². The van der Waals surface area contributed by atoms with Crippen molar-refractivity contribution in [2.75, 3.05) is 20.3 Å². The lowest BCUT2D eigenvalue weighted by Gasteiger charge is -2.18. The average Bonchev–Trinajstić information content (AvgIpc) is 2.78. The summed E-state index contributed by atoms with van der Waals surface area (Å²) in [6.45, 7) is 3.55. The minimum absolute atomic E-state index is 0.107. The highest BCUT2D eigenvalue weighted by atomic mass is 16.5. The summed E-state index contributed by atoms with van der Waals surface area (Å²) >= 11 is 0. The maximum Gasteiger partial charge on any atom is 0.233 e. The van der Waals surface area contributed by atoms with Gasteiger partial charge in [0.15, 0.2) is 0 Å². The zero-order chi connectivity index (χ0) is 10.7. The van der Waals surface area contributed by atoms with Crippen LogP contribution < -0.4 is 5.32 Å². The normalized spacial score (nSPS) is 24.0. The van der Waals surface area contributed by atoms with Crippen LogP contribution in [0.1, 0.15) is 43.5 Å². The molecule has 2 rings (SSSR count). The van der Waals surface area contributed by atoms with Crippen molar-refractivity contribution < 1.29 is 9.15 Å². The van der Waals surface area contributed by atoms with Crippen LogP contribution in [0.15, 0.2) is 4.42 Å². The summed E-state index contributed by atoms with van der Waals surface area (Å²) in [6.07, 6.45) is 2.15. The van der Waals surface area contributed by atoms with Gasteiger partial charge >= 0.3 is 0 Å². The van der Waals surface area contributed by atoms with Gasteiger partial charge in [0.05, 0.1) is 18.6 Å². The Morgan fingerprint density at radius 1 is 1.47 bits per heavy atom. The third-order valence-electron chi connectivity index (χ3n) is 2.77. The summed E-state index contributed by atoms with van der Waals surface area (Å²) in [5.41, 5.74) is 0. The van der Waals surface area contributed by atoms with Crippen molar-refractivity contribution in [1.29, 1.82) is 0 Å². The van der Waals surface area contributed by atoms with Gasteiger partial charge in [-0.3, -0.25) is 0 Å². The summed E-state index contributed by atoms with van der Waals surface area (Å²) in [7, 11) is 1.87. The molecule has 15 heavy (non-hydrogen) atoms. The number of ether oxygens (including phenoxy) is 1. The van der Waals surface area contributed by atoms with Crippen molar-refractivity contribution in [3.63, 3.8) is 0 Å². The number of hydrogen-bond donors (Lipinski definition) is 1. The van der Waals surface area contributed by atoms with E-state index in [0.717, 1.165) is 19.4 Å². The molecule has 0 bridgehead atoms. The molecule has 0 amide bonds. The van der Waals surface area contributed by atoms with Gasteiger partial charge < -0.3 is 14.5 Å². The predicted octanol–water partition coefficient (Wildman–Crippen LogP) is 1.24. The highest BCUT2D eigenvalue weighted by molar-refractivity contribution is 4.95. The zero-order valence-corrected chi connectivity index (χ0v) is 9.19. The van der Waals surface area contributed by atoms with Gasteiger partial charge in [-0.15, -0.1) is 10.2 Å². The molecule has 1 aliphatic heterocycles. The molecule has 2 heterocycles. The van der Waals surface area contributed by atoms with Crippen molar-refractivity contribution in [2.45, 2.75) is 31.7 Å². The maximum absolute atomic E-state index is 5.61. The Morgan fingerprint density at radius 3 is 3.00 bits per heavy atom. The first-order chi connectivity index (χ1) is 7.31. The van der Waals surface area contributed by atoms with Crippen molar-refractivity contribution in [3.05, 3.63) is 11.8 Å². The predicted molar refractivity (Wildman–Crippen MR) is 54.6 cm³/mol. The van der Waals surface area contributed by atoms with Crippen LogP contribution in [0.5, 0.6) is 0 Å². The van der Waals surface area contributed by atoms with E-state index in [-0.39, 0.29) is 12.0 Å². The number of aromatic nitrogens is 2. The zero-order valence-electron chi connectivity index (χ0n) is 9.19. The largest absolute Gasteiger partial charge is 0.423 e. The molecule has 5 heteroatoms. The lowest BCUT2D eigenvalue weighted by Crippen LogP contribution is -2.15. The van der Waals surface area contributed by atoms with E-state index in [9.17, 15) is 0 Å². The maximum atomic E-state index is 5.61. The van der Waals surface area contributed by atoms with Crippen molar-refractivity contribution >= 4 is 0 Å². The first-order valence-corrected chi connectivity index (χ1v) is 5.39. The van der Waals surface area contributed by atoms with Crippen molar-refractivity contribution in [3.8, 4) is 0 Å². The molecular weight excluding hydrogens is 194 g/mol. The van der Waals surface area contributed by atoms with Crippen molar-refractivity contribution in [2.24, 2.45) is 0 Å². The smallest absolute Gasteiger partial charge is 0.233 e. The van der Waals surface area contributed by atoms with E-state index in [1.54, 1.807) is 0 Å². The Labute approximate surface area is 89.2 Å². The first-order valence-electron chi connectivity index (χ1n) is 5.39. The van der Waals surface area contributed by atoms with E-state index in [1.807, 2.05) is 14.0 Å². The Kier molecular flexibility index (Phi) is 3.33. The van der Waals surface area contributed by atoms with Crippen LogP contribution in [0, 0.1) is 0 Å². The van der Waals surface area contributed by atoms with Gasteiger partial charge in [-0.05, 0) is 26.8 Å². The summed E-state index contributed by atoms with van der Waals surface area (Å²) in [6, 6.07) is 0.107. The van der Waals surface area contributed by atoms with Gasteiger partial charge in [-0.25, -0.2) is 0 Å². The molecule has 1 saturated heterocycles. The fraction of sp³-hybridized carbons (Fsp3) is 0.800. The van der Waals surface area contributed by atoms with Crippen LogP contribution >= 0.6 is 0 Å². The third-order valence-corrected chi connectivity index (χ3v) is 2.77. The van der Waals surface area contributed by atoms with Gasteiger partial charge in [0.1, 0.15) is 0 Å². The van der Waals surface area contributed by atoms with Gasteiger partial charge in [-0.2, -0.15) is 0 Å². The van der Waals surface area contributed by atoms with E-state index in [0.29, 0.717) is 18.4 Å². The SMILES string of the molecule is CNC(C)c1nnc(C2CCCOC2)o1. The number of rotatable bonds is 3. The van der Waals surface area contributed by atoms with Crippen molar-refractivity contribution in [1.82, 2.24) is 15.5 Å². The Morgan fingerprint density at radius 2 is 2.33 bits per heavy atom. The summed E-state index contributed by atoms with van der Waals surface area (Å²) < 4.78 is 11.0. The molecule has 84 valence electrons. The van der Waals surface area contributed by atoms with E-state index in [4.69, 9.17) is 9.15 Å². The molecule has 1 fully saturated rings. The molecule has 2 atom stereocenters. The quantitative estimate of drug-likeness (QED) is 0.815. The van der Waals surface area contributed by atoms with Crippen LogP contribution in [0.2, 0.25) is 0 Å². The van der Waals surface area contributed by atoms with Crippen LogP contribution in [-0.2, 0) is 4.74 Å². The summed E-state index contributed by atoms with van der Waals surface area (Å²) in [5, 5.41) is 11.2. The topological polar surface area (TPSA) is 60.2 Å². The lowest BCUT2D eigenvalue weighted by atomic mass is 10.0. The Bertz CT molecular complexity index is 307. The minimum Gasteiger partial charge on any atom is -0.423 e. The molecule has 0 aliphatic carbocycles. The molecule has 2 unspecified atom stereocenters. The number of nitrogens with one attached hydrogen (secondary N) is 1. The summed E-state index contributed by atoms with van der Waals surface area (Å²) in [5.74, 6) is 1.65. The lowest BCUT2D eigenvalue weighted by molar-refractivity contribution is 0.0720. The molecule has 0 aromatic carbocycles. The highest BCUT2D eigenvalue weighted by Gasteiger charge is 2.22. The Balaban J connectivity index is 2.05. The second-order valence-electron chi connectivity index (χ2n) is 3.90. The van der Waals surface area contributed by atoms with Gasteiger partial charge in [0.2, 0.25) is 11.8 Å².